The summed E-state index contributed by atoms with van der Waals surface area (Å²) in [4.78, 5) is 24.8. The van der Waals surface area contributed by atoms with E-state index in [1.807, 2.05) is 18.2 Å². The summed E-state index contributed by atoms with van der Waals surface area (Å²) in [5.74, 6) is -0.916. The Labute approximate surface area is 113 Å². The molecule has 1 N–H and O–H groups in total. The summed E-state index contributed by atoms with van der Waals surface area (Å²) in [7, 11) is 0. The van der Waals surface area contributed by atoms with Crippen LogP contribution in [0.1, 0.15) is 18.9 Å². The van der Waals surface area contributed by atoms with Gasteiger partial charge in [0.25, 0.3) is 0 Å². The minimum absolute atomic E-state index is 0.0234. The van der Waals surface area contributed by atoms with Gasteiger partial charge in [0.05, 0.1) is 26.1 Å². The van der Waals surface area contributed by atoms with Crippen molar-refractivity contribution in [3.63, 3.8) is 0 Å². The van der Waals surface area contributed by atoms with Crippen LogP contribution >= 0.6 is 0 Å². The smallest absolute Gasteiger partial charge is 0.322 e. The van der Waals surface area contributed by atoms with Crippen LogP contribution in [0.5, 0.6) is 0 Å². The number of hydrogen-bond acceptors (Lipinski definition) is 3. The number of piperidine rings is 1. The minimum atomic E-state index is -0.576. The Kier molecular flexibility index (Phi) is 4.68. The van der Waals surface area contributed by atoms with Gasteiger partial charge in [-0.25, -0.2) is 0 Å². The second-order valence-electron chi connectivity index (χ2n) is 4.89. The number of ether oxygens (including phenoxy) is 1. The summed E-state index contributed by atoms with van der Waals surface area (Å²) >= 11 is 0. The molecule has 102 valence electrons. The molecule has 1 aromatic rings. The number of benzene rings is 1. The van der Waals surface area contributed by atoms with Gasteiger partial charge in [-0.1, -0.05) is 30.3 Å². The molecule has 0 radical (unpaired) electrons. The molecule has 2 atom stereocenters. The molecule has 1 aromatic carbocycles. The third-order valence-corrected chi connectivity index (χ3v) is 3.47. The highest BCUT2D eigenvalue weighted by Crippen LogP contribution is 2.06. The van der Waals surface area contributed by atoms with Gasteiger partial charge in [0, 0.05) is 5.56 Å². The van der Waals surface area contributed by atoms with E-state index in [9.17, 15) is 9.59 Å². The molecule has 4 heteroatoms. The Balaban J connectivity index is 1.97. The van der Waals surface area contributed by atoms with E-state index in [1.54, 1.807) is 6.92 Å². The lowest BCUT2D eigenvalue weighted by Gasteiger charge is -2.27. The van der Waals surface area contributed by atoms with Crippen LogP contribution in [-0.2, 0) is 20.9 Å². The number of ketones is 1. The first kappa shape index (κ1) is 13.7. The number of quaternary nitrogens is 1. The van der Waals surface area contributed by atoms with Crippen LogP contribution in [0.3, 0.4) is 0 Å². The summed E-state index contributed by atoms with van der Waals surface area (Å²) < 4.78 is 4.98. The number of nitrogens with one attached hydrogen (secondary N) is 1. The Morgan fingerprint density at radius 1 is 1.37 bits per heavy atom. The number of rotatable bonds is 4. The van der Waals surface area contributed by atoms with E-state index in [2.05, 4.69) is 12.1 Å². The Hall–Kier alpha value is -1.68. The molecular formula is C15H20NO3+. The first-order chi connectivity index (χ1) is 9.20. The molecule has 1 fully saturated rings. The van der Waals surface area contributed by atoms with Crippen LogP contribution in [-0.4, -0.2) is 31.4 Å². The summed E-state index contributed by atoms with van der Waals surface area (Å²) in [6.45, 7) is 4.29. The van der Waals surface area contributed by atoms with E-state index in [4.69, 9.17) is 4.74 Å². The van der Waals surface area contributed by atoms with Crippen LogP contribution in [0.15, 0.2) is 30.3 Å². The normalized spacial score (nSPS) is 23.1. The minimum Gasteiger partial charge on any atom is -0.465 e. The SMILES string of the molecule is CCOC(=O)C1C[NH+](Cc2ccccc2)CCC1=O. The molecular weight excluding hydrogens is 242 g/mol. The van der Waals surface area contributed by atoms with Crippen LogP contribution in [0, 0.1) is 5.92 Å². The largest absolute Gasteiger partial charge is 0.465 e. The summed E-state index contributed by atoms with van der Waals surface area (Å²) in [6.07, 6.45) is 0.464. The predicted octanol–water partition coefficient (Wildman–Crippen LogP) is 0.224. The van der Waals surface area contributed by atoms with Crippen molar-refractivity contribution in [1.29, 1.82) is 0 Å². The second kappa shape index (κ2) is 6.48. The van der Waals surface area contributed by atoms with Gasteiger partial charge in [0.2, 0.25) is 0 Å². The fourth-order valence-corrected chi connectivity index (χ4v) is 2.48. The molecule has 4 nitrogen and oxygen atoms in total. The molecule has 0 aromatic heterocycles. The maximum atomic E-state index is 11.8. The average Bonchev–Trinajstić information content (AvgIpc) is 2.42. The van der Waals surface area contributed by atoms with Crippen molar-refractivity contribution in [3.05, 3.63) is 35.9 Å². The molecule has 1 aliphatic heterocycles. The fraction of sp³-hybridized carbons (Fsp3) is 0.467. The molecule has 0 aliphatic carbocycles. The molecule has 1 aliphatic rings. The Morgan fingerprint density at radius 2 is 2.11 bits per heavy atom. The lowest BCUT2D eigenvalue weighted by Crippen LogP contribution is -3.13. The lowest BCUT2D eigenvalue weighted by atomic mass is 9.96. The highest BCUT2D eigenvalue weighted by Gasteiger charge is 2.36. The van der Waals surface area contributed by atoms with Gasteiger partial charge in [-0.2, -0.15) is 0 Å². The van der Waals surface area contributed by atoms with Crippen molar-refractivity contribution in [1.82, 2.24) is 0 Å². The molecule has 0 amide bonds. The summed E-state index contributed by atoms with van der Waals surface area (Å²) in [6, 6.07) is 10.1. The van der Waals surface area contributed by atoms with Gasteiger partial charge >= 0.3 is 5.97 Å². The molecule has 0 saturated carbocycles. The van der Waals surface area contributed by atoms with E-state index in [-0.39, 0.29) is 11.8 Å². The first-order valence-electron chi connectivity index (χ1n) is 6.77. The van der Waals surface area contributed by atoms with E-state index in [0.29, 0.717) is 19.6 Å². The lowest BCUT2D eigenvalue weighted by molar-refractivity contribution is -0.917. The number of esters is 1. The molecule has 0 spiro atoms. The third kappa shape index (κ3) is 3.64. The molecule has 2 unspecified atom stereocenters. The highest BCUT2D eigenvalue weighted by atomic mass is 16.5. The van der Waals surface area contributed by atoms with Crippen molar-refractivity contribution in [3.8, 4) is 0 Å². The van der Waals surface area contributed by atoms with Crippen LogP contribution in [0.4, 0.5) is 0 Å². The van der Waals surface area contributed by atoms with Crippen molar-refractivity contribution in [2.24, 2.45) is 5.92 Å². The predicted molar refractivity (Wildman–Crippen MR) is 70.6 cm³/mol. The first-order valence-corrected chi connectivity index (χ1v) is 6.77. The quantitative estimate of drug-likeness (QED) is 0.624. The van der Waals surface area contributed by atoms with Gasteiger partial charge < -0.3 is 9.64 Å². The zero-order chi connectivity index (χ0) is 13.7. The topological polar surface area (TPSA) is 47.8 Å². The van der Waals surface area contributed by atoms with Crippen molar-refractivity contribution in [2.45, 2.75) is 19.9 Å². The van der Waals surface area contributed by atoms with Crippen LogP contribution in [0.2, 0.25) is 0 Å². The van der Waals surface area contributed by atoms with Gasteiger partial charge in [0.1, 0.15) is 6.54 Å². The van der Waals surface area contributed by atoms with Gasteiger partial charge in [0.15, 0.2) is 11.7 Å². The summed E-state index contributed by atoms with van der Waals surface area (Å²) in [5, 5.41) is 0. The van der Waals surface area contributed by atoms with E-state index < -0.39 is 5.92 Å². The molecule has 1 heterocycles. The Bertz CT molecular complexity index is 444. The molecule has 19 heavy (non-hydrogen) atoms. The van der Waals surface area contributed by atoms with E-state index >= 15 is 0 Å². The van der Waals surface area contributed by atoms with Gasteiger partial charge in [-0.15, -0.1) is 0 Å². The molecule has 2 rings (SSSR count). The maximum Gasteiger partial charge on any atom is 0.322 e. The zero-order valence-electron chi connectivity index (χ0n) is 11.2. The monoisotopic (exact) mass is 262 g/mol. The highest BCUT2D eigenvalue weighted by molar-refractivity contribution is 5.99. The van der Waals surface area contributed by atoms with Gasteiger partial charge in [-0.05, 0) is 6.92 Å². The number of hydrogen-bond donors (Lipinski definition) is 1. The van der Waals surface area contributed by atoms with Gasteiger partial charge in [-0.3, -0.25) is 9.59 Å². The molecule has 1 saturated heterocycles. The van der Waals surface area contributed by atoms with Crippen LogP contribution < -0.4 is 4.90 Å². The number of carbonyl (C=O) groups is 2. The third-order valence-electron chi connectivity index (χ3n) is 3.47. The van der Waals surface area contributed by atoms with E-state index in [1.165, 1.54) is 10.5 Å². The average molecular weight is 262 g/mol. The van der Waals surface area contributed by atoms with Crippen molar-refractivity contribution >= 4 is 11.8 Å². The number of carbonyl (C=O) groups excluding carboxylic acids is 2. The number of Topliss-reactive ketones (excluding diaryl/α,β-unsaturated/α-hetero) is 1. The summed E-state index contributed by atoms with van der Waals surface area (Å²) in [5.41, 5.74) is 1.23. The fourth-order valence-electron chi connectivity index (χ4n) is 2.48. The maximum absolute atomic E-state index is 11.8. The second-order valence-corrected chi connectivity index (χ2v) is 4.89. The Morgan fingerprint density at radius 3 is 2.79 bits per heavy atom. The van der Waals surface area contributed by atoms with Crippen molar-refractivity contribution in [2.75, 3.05) is 19.7 Å². The van der Waals surface area contributed by atoms with E-state index in [0.717, 1.165) is 13.1 Å². The number of likely N-dealkylation sites (tertiary alicyclic amines) is 1. The van der Waals surface area contributed by atoms with Crippen molar-refractivity contribution < 1.29 is 19.2 Å². The standard InChI is InChI=1S/C15H19NO3/c1-2-19-15(18)13-11-16(9-8-14(13)17)10-12-6-4-3-5-7-12/h3-7,13H,2,8-11H2,1H3/p+1. The zero-order valence-corrected chi connectivity index (χ0v) is 11.2. The van der Waals surface area contributed by atoms with Crippen LogP contribution in [0.25, 0.3) is 0 Å². The molecule has 0 bridgehead atoms.